The van der Waals surface area contributed by atoms with Crippen LogP contribution in [0.15, 0.2) is 0 Å². The number of likely N-dealkylation sites (tertiary alicyclic amines) is 1. The monoisotopic (exact) mass is 294 g/mol. The van der Waals surface area contributed by atoms with Crippen LogP contribution < -0.4 is 5.32 Å². The number of amides is 3. The molecule has 21 heavy (non-hydrogen) atoms. The lowest BCUT2D eigenvalue weighted by Crippen LogP contribution is -2.63. The maximum absolute atomic E-state index is 12.6. The molecule has 3 aliphatic rings. The van der Waals surface area contributed by atoms with Crippen LogP contribution in [0.5, 0.6) is 0 Å². The minimum absolute atomic E-state index is 0.0349. The Morgan fingerprint density at radius 3 is 2.62 bits per heavy atom. The van der Waals surface area contributed by atoms with Crippen molar-refractivity contribution in [2.75, 3.05) is 46.3 Å². The largest absolute Gasteiger partial charge is 0.356 e. The first kappa shape index (κ1) is 14.6. The molecule has 118 valence electrons. The second kappa shape index (κ2) is 5.83. The lowest BCUT2D eigenvalue weighted by atomic mass is 9.86. The normalized spacial score (nSPS) is 31.4. The molecule has 0 aromatic rings. The van der Waals surface area contributed by atoms with Gasteiger partial charge in [-0.3, -0.25) is 9.69 Å². The van der Waals surface area contributed by atoms with E-state index in [4.69, 9.17) is 0 Å². The molecule has 1 N–H and O–H groups in total. The Kier molecular flexibility index (Phi) is 4.06. The van der Waals surface area contributed by atoms with Crippen molar-refractivity contribution >= 4 is 11.9 Å². The number of carbonyl (C=O) groups is 2. The average Bonchev–Trinajstić information content (AvgIpc) is 2.95. The van der Waals surface area contributed by atoms with Crippen molar-refractivity contribution in [3.05, 3.63) is 0 Å². The fourth-order valence-electron chi connectivity index (χ4n) is 3.87. The topological polar surface area (TPSA) is 55.9 Å². The molecule has 3 amide bonds. The van der Waals surface area contributed by atoms with Gasteiger partial charge < -0.3 is 15.1 Å². The van der Waals surface area contributed by atoms with Crippen LogP contribution in [0.4, 0.5) is 4.79 Å². The first-order valence-electron chi connectivity index (χ1n) is 8.13. The molecule has 6 nitrogen and oxygen atoms in total. The average molecular weight is 294 g/mol. The van der Waals surface area contributed by atoms with Crippen LogP contribution >= 0.6 is 0 Å². The van der Waals surface area contributed by atoms with Gasteiger partial charge in [-0.15, -0.1) is 0 Å². The fraction of sp³-hybridized carbons (Fsp3) is 0.867. The molecule has 0 aromatic heterocycles. The molecule has 0 saturated carbocycles. The summed E-state index contributed by atoms with van der Waals surface area (Å²) in [6, 6.07) is 0.198. The molecule has 3 rings (SSSR count). The third-order valence-corrected chi connectivity index (χ3v) is 5.38. The molecule has 3 heterocycles. The SMILES string of the molecule is CN1CCN(C(=O)N2CCCC2)CC12CCNC(=O)CC2. The summed E-state index contributed by atoms with van der Waals surface area (Å²) in [5.74, 6) is 0.142. The zero-order chi connectivity index (χ0) is 14.9. The van der Waals surface area contributed by atoms with Crippen molar-refractivity contribution in [1.29, 1.82) is 0 Å². The summed E-state index contributed by atoms with van der Waals surface area (Å²) < 4.78 is 0. The van der Waals surface area contributed by atoms with Crippen LogP contribution in [0.1, 0.15) is 32.1 Å². The molecular formula is C15H26N4O2. The zero-order valence-corrected chi connectivity index (χ0v) is 12.9. The first-order valence-corrected chi connectivity index (χ1v) is 8.13. The summed E-state index contributed by atoms with van der Waals surface area (Å²) in [6.07, 6.45) is 4.60. The third kappa shape index (κ3) is 2.86. The molecule has 6 heteroatoms. The van der Waals surface area contributed by atoms with E-state index < -0.39 is 0 Å². The lowest BCUT2D eigenvalue weighted by molar-refractivity contribution is -0.121. The van der Waals surface area contributed by atoms with Crippen molar-refractivity contribution in [3.8, 4) is 0 Å². The standard InChI is InChI=1S/C15H26N4O2/c1-17-10-11-19(14(21)18-8-2-3-9-18)12-15(17)5-4-13(20)16-7-6-15/h2-12H2,1H3,(H,16,20). The van der Waals surface area contributed by atoms with Gasteiger partial charge in [0, 0.05) is 51.2 Å². The molecular weight excluding hydrogens is 268 g/mol. The van der Waals surface area contributed by atoms with Gasteiger partial charge in [0.1, 0.15) is 0 Å². The van der Waals surface area contributed by atoms with Crippen LogP contribution in [0.2, 0.25) is 0 Å². The Hall–Kier alpha value is -1.30. The molecule has 3 aliphatic heterocycles. The molecule has 0 bridgehead atoms. The van der Waals surface area contributed by atoms with E-state index in [1.807, 2.05) is 9.80 Å². The second-order valence-corrected chi connectivity index (χ2v) is 6.64. The van der Waals surface area contributed by atoms with E-state index in [1.54, 1.807) is 0 Å². The van der Waals surface area contributed by atoms with Gasteiger partial charge in [-0.1, -0.05) is 0 Å². The van der Waals surface area contributed by atoms with Gasteiger partial charge in [-0.2, -0.15) is 0 Å². The van der Waals surface area contributed by atoms with Gasteiger partial charge in [0.15, 0.2) is 0 Å². The van der Waals surface area contributed by atoms with Gasteiger partial charge in [0.2, 0.25) is 5.91 Å². The summed E-state index contributed by atoms with van der Waals surface area (Å²) >= 11 is 0. The highest BCUT2D eigenvalue weighted by molar-refractivity contribution is 5.77. The van der Waals surface area contributed by atoms with Crippen LogP contribution in [0.25, 0.3) is 0 Å². The minimum Gasteiger partial charge on any atom is -0.356 e. The van der Waals surface area contributed by atoms with Crippen molar-refractivity contribution in [2.24, 2.45) is 0 Å². The second-order valence-electron chi connectivity index (χ2n) is 6.64. The molecule has 1 unspecified atom stereocenters. The van der Waals surface area contributed by atoms with E-state index in [0.717, 1.165) is 65.0 Å². The van der Waals surface area contributed by atoms with E-state index in [9.17, 15) is 9.59 Å². The maximum atomic E-state index is 12.6. The highest BCUT2D eigenvalue weighted by Crippen LogP contribution is 2.31. The first-order chi connectivity index (χ1) is 10.1. The van der Waals surface area contributed by atoms with Crippen LogP contribution in [-0.2, 0) is 4.79 Å². The van der Waals surface area contributed by atoms with E-state index in [0.29, 0.717) is 6.42 Å². The Bertz CT molecular complexity index is 422. The summed E-state index contributed by atoms with van der Waals surface area (Å²) in [7, 11) is 2.13. The summed E-state index contributed by atoms with van der Waals surface area (Å²) in [5, 5.41) is 2.96. The Morgan fingerprint density at radius 1 is 1.10 bits per heavy atom. The third-order valence-electron chi connectivity index (χ3n) is 5.38. The predicted molar refractivity (Wildman–Crippen MR) is 80.0 cm³/mol. The molecule has 0 radical (unpaired) electrons. The van der Waals surface area contributed by atoms with Crippen LogP contribution in [0.3, 0.4) is 0 Å². The molecule has 3 fully saturated rings. The van der Waals surface area contributed by atoms with Gasteiger partial charge in [-0.05, 0) is 32.7 Å². The number of rotatable bonds is 0. The van der Waals surface area contributed by atoms with Crippen molar-refractivity contribution in [1.82, 2.24) is 20.0 Å². The van der Waals surface area contributed by atoms with Gasteiger partial charge in [-0.25, -0.2) is 4.79 Å². The Labute approximate surface area is 126 Å². The summed E-state index contributed by atoms with van der Waals surface area (Å²) in [5.41, 5.74) is -0.0349. The summed E-state index contributed by atoms with van der Waals surface area (Å²) in [4.78, 5) is 30.6. The van der Waals surface area contributed by atoms with Crippen molar-refractivity contribution < 1.29 is 9.59 Å². The maximum Gasteiger partial charge on any atom is 0.320 e. The fourth-order valence-corrected chi connectivity index (χ4v) is 3.87. The van der Waals surface area contributed by atoms with E-state index in [-0.39, 0.29) is 17.5 Å². The number of urea groups is 1. The number of hydrogen-bond donors (Lipinski definition) is 1. The number of carbonyl (C=O) groups excluding carboxylic acids is 2. The smallest absolute Gasteiger partial charge is 0.320 e. The number of nitrogens with one attached hydrogen (secondary N) is 1. The molecule has 1 atom stereocenters. The minimum atomic E-state index is -0.0349. The van der Waals surface area contributed by atoms with Gasteiger partial charge >= 0.3 is 6.03 Å². The highest BCUT2D eigenvalue weighted by atomic mass is 16.2. The van der Waals surface area contributed by atoms with Gasteiger partial charge in [0.25, 0.3) is 0 Å². The van der Waals surface area contributed by atoms with Crippen molar-refractivity contribution in [2.45, 2.75) is 37.6 Å². The van der Waals surface area contributed by atoms with E-state index >= 15 is 0 Å². The molecule has 0 aromatic carbocycles. The number of piperazine rings is 1. The molecule has 3 saturated heterocycles. The number of nitrogens with zero attached hydrogens (tertiary/aromatic N) is 3. The predicted octanol–water partition coefficient (Wildman–Crippen LogP) is 0.489. The number of hydrogen-bond acceptors (Lipinski definition) is 3. The zero-order valence-electron chi connectivity index (χ0n) is 12.9. The Morgan fingerprint density at radius 2 is 1.86 bits per heavy atom. The number of likely N-dealkylation sites (N-methyl/N-ethyl adjacent to an activating group) is 1. The lowest BCUT2D eigenvalue weighted by Gasteiger charge is -2.49. The molecule has 0 aliphatic carbocycles. The van der Waals surface area contributed by atoms with Crippen LogP contribution in [0, 0.1) is 0 Å². The molecule has 1 spiro atoms. The highest BCUT2D eigenvalue weighted by Gasteiger charge is 2.42. The Balaban J connectivity index is 1.71. The van der Waals surface area contributed by atoms with Crippen molar-refractivity contribution in [3.63, 3.8) is 0 Å². The quantitative estimate of drug-likeness (QED) is 0.707. The van der Waals surface area contributed by atoms with E-state index in [2.05, 4.69) is 17.3 Å². The van der Waals surface area contributed by atoms with Crippen LogP contribution in [-0.4, -0.2) is 78.5 Å². The summed E-state index contributed by atoms with van der Waals surface area (Å²) in [6.45, 7) is 4.97. The van der Waals surface area contributed by atoms with E-state index in [1.165, 1.54) is 0 Å². The van der Waals surface area contributed by atoms with Gasteiger partial charge in [0.05, 0.1) is 0 Å².